The highest BCUT2D eigenvalue weighted by atomic mass is 127. The molecule has 7 heteroatoms. The van der Waals surface area contributed by atoms with E-state index in [0.717, 1.165) is 24.6 Å². The highest BCUT2D eigenvalue weighted by Crippen LogP contribution is 2.25. The largest absolute Gasteiger partial charge is 0.367 e. The van der Waals surface area contributed by atoms with Crippen molar-refractivity contribution in [1.29, 1.82) is 0 Å². The molecule has 1 fully saturated rings. The molecule has 142 valence electrons. The Hall–Kier alpha value is -1.19. The fourth-order valence-corrected chi connectivity index (χ4v) is 3.91. The normalized spacial score (nSPS) is 20.6. The van der Waals surface area contributed by atoms with Gasteiger partial charge in [0, 0.05) is 18.5 Å². The van der Waals surface area contributed by atoms with Crippen molar-refractivity contribution in [3.63, 3.8) is 0 Å². The van der Waals surface area contributed by atoms with Crippen LogP contribution in [0.1, 0.15) is 29.0 Å². The Kier molecular flexibility index (Phi) is 7.85. The highest BCUT2D eigenvalue weighted by Gasteiger charge is 2.28. The molecule has 2 unspecified atom stereocenters. The van der Waals surface area contributed by atoms with Gasteiger partial charge in [0.2, 0.25) is 0 Å². The second kappa shape index (κ2) is 9.66. The van der Waals surface area contributed by atoms with Crippen LogP contribution in [0.5, 0.6) is 0 Å². The first-order valence-corrected chi connectivity index (χ1v) is 9.34. The monoisotopic (exact) mass is 489 g/mol. The van der Waals surface area contributed by atoms with Crippen LogP contribution in [0.3, 0.4) is 0 Å². The summed E-state index contributed by atoms with van der Waals surface area (Å²) in [6, 6.07) is 8.68. The van der Waals surface area contributed by atoms with E-state index in [2.05, 4.69) is 40.5 Å². The molecule has 0 amide bonds. The van der Waals surface area contributed by atoms with Crippen LogP contribution in [0, 0.1) is 12.7 Å². The summed E-state index contributed by atoms with van der Waals surface area (Å²) in [5.74, 6) is 0.642. The first-order chi connectivity index (χ1) is 12.1. The molecule has 4 nitrogen and oxygen atoms in total. The van der Waals surface area contributed by atoms with Crippen LogP contribution in [-0.2, 0) is 11.3 Å². The van der Waals surface area contributed by atoms with Gasteiger partial charge in [-0.25, -0.2) is 4.39 Å². The molecule has 1 aromatic heterocycles. The number of ether oxygens (including phenoxy) is 1. The summed E-state index contributed by atoms with van der Waals surface area (Å²) < 4.78 is 19.2. The quantitative estimate of drug-likeness (QED) is 0.396. The number of rotatable bonds is 3. The number of aryl methyl sites for hydroxylation is 1. The minimum atomic E-state index is -0.228. The lowest BCUT2D eigenvalue weighted by atomic mass is 10.1. The van der Waals surface area contributed by atoms with E-state index in [4.69, 9.17) is 4.74 Å². The summed E-state index contributed by atoms with van der Waals surface area (Å²) in [7, 11) is 1.80. The summed E-state index contributed by atoms with van der Waals surface area (Å²) in [6.07, 6.45) is -0.0165. The first kappa shape index (κ1) is 21.1. The molecule has 2 aromatic rings. The van der Waals surface area contributed by atoms with Gasteiger partial charge in [-0.2, -0.15) is 0 Å². The van der Waals surface area contributed by atoms with Gasteiger partial charge in [-0.1, -0.05) is 12.1 Å². The number of aliphatic imine (C=N–C) groups is 1. The average molecular weight is 489 g/mol. The maximum Gasteiger partial charge on any atom is 0.194 e. The van der Waals surface area contributed by atoms with Crippen molar-refractivity contribution in [2.45, 2.75) is 32.6 Å². The number of nitrogens with zero attached hydrogens (tertiary/aromatic N) is 2. The standard InChI is InChI=1S/C19H24FN3OS.HI/c1-13-8-9-25-18(13)10-22-19(21-3)23-11-14(2)24-17(12-23)15-4-6-16(20)7-5-15;/h4-9,14,17H,10-12H2,1-3H3,(H,21,22);1H. The fraction of sp³-hybridized carbons (Fsp3) is 0.421. The molecule has 2 heterocycles. The number of hydrogen-bond donors (Lipinski definition) is 1. The molecular weight excluding hydrogens is 464 g/mol. The van der Waals surface area contributed by atoms with Gasteiger partial charge in [0.25, 0.3) is 0 Å². The molecular formula is C19H25FIN3OS. The molecule has 0 bridgehead atoms. The molecule has 1 saturated heterocycles. The summed E-state index contributed by atoms with van der Waals surface area (Å²) >= 11 is 1.75. The Morgan fingerprint density at radius 2 is 2.04 bits per heavy atom. The van der Waals surface area contributed by atoms with E-state index < -0.39 is 0 Å². The predicted octanol–water partition coefficient (Wildman–Crippen LogP) is 4.35. The van der Waals surface area contributed by atoms with Crippen molar-refractivity contribution < 1.29 is 9.13 Å². The van der Waals surface area contributed by atoms with Crippen molar-refractivity contribution in [1.82, 2.24) is 10.2 Å². The number of morpholine rings is 1. The van der Waals surface area contributed by atoms with Crippen molar-refractivity contribution >= 4 is 41.3 Å². The molecule has 0 radical (unpaired) electrons. The Morgan fingerprint density at radius 3 is 2.65 bits per heavy atom. The Labute approximate surface area is 175 Å². The van der Waals surface area contributed by atoms with Gasteiger partial charge in [-0.15, -0.1) is 35.3 Å². The summed E-state index contributed by atoms with van der Waals surface area (Å²) in [4.78, 5) is 7.97. The lowest BCUT2D eigenvalue weighted by Crippen LogP contribution is -2.50. The minimum absolute atomic E-state index is 0. The zero-order valence-corrected chi connectivity index (χ0v) is 18.4. The lowest BCUT2D eigenvalue weighted by Gasteiger charge is -2.38. The average Bonchev–Trinajstić information content (AvgIpc) is 3.01. The zero-order chi connectivity index (χ0) is 17.8. The number of nitrogens with one attached hydrogen (secondary N) is 1. The second-order valence-corrected chi connectivity index (χ2v) is 7.32. The number of benzene rings is 1. The number of thiophene rings is 1. The van der Waals surface area contributed by atoms with E-state index in [0.29, 0.717) is 6.54 Å². The van der Waals surface area contributed by atoms with Gasteiger partial charge in [-0.3, -0.25) is 4.99 Å². The van der Waals surface area contributed by atoms with Crippen LogP contribution in [-0.4, -0.2) is 37.1 Å². The zero-order valence-electron chi connectivity index (χ0n) is 15.2. The van der Waals surface area contributed by atoms with Gasteiger partial charge in [0.15, 0.2) is 5.96 Å². The Morgan fingerprint density at radius 1 is 1.31 bits per heavy atom. The van der Waals surface area contributed by atoms with E-state index in [1.807, 2.05) is 0 Å². The van der Waals surface area contributed by atoms with Gasteiger partial charge in [-0.05, 0) is 48.6 Å². The van der Waals surface area contributed by atoms with Crippen LogP contribution >= 0.6 is 35.3 Å². The van der Waals surface area contributed by atoms with Crippen LogP contribution < -0.4 is 5.32 Å². The minimum Gasteiger partial charge on any atom is -0.367 e. The molecule has 1 aliphatic heterocycles. The fourth-order valence-electron chi connectivity index (χ4n) is 3.06. The third-order valence-corrected chi connectivity index (χ3v) is 5.41. The first-order valence-electron chi connectivity index (χ1n) is 8.46. The molecule has 1 N–H and O–H groups in total. The van der Waals surface area contributed by atoms with Crippen molar-refractivity contribution in [3.05, 3.63) is 57.5 Å². The van der Waals surface area contributed by atoms with Crippen LogP contribution in [0.4, 0.5) is 4.39 Å². The number of hydrogen-bond acceptors (Lipinski definition) is 3. The van der Waals surface area contributed by atoms with Crippen molar-refractivity contribution in [2.24, 2.45) is 4.99 Å². The topological polar surface area (TPSA) is 36.9 Å². The van der Waals surface area contributed by atoms with Crippen molar-refractivity contribution in [3.8, 4) is 0 Å². The van der Waals surface area contributed by atoms with E-state index in [1.165, 1.54) is 22.6 Å². The van der Waals surface area contributed by atoms with Crippen LogP contribution in [0.15, 0.2) is 40.7 Å². The Bertz CT molecular complexity index is 735. The van der Waals surface area contributed by atoms with Gasteiger partial charge >= 0.3 is 0 Å². The molecule has 3 rings (SSSR count). The van der Waals surface area contributed by atoms with E-state index >= 15 is 0 Å². The number of guanidine groups is 1. The van der Waals surface area contributed by atoms with Gasteiger partial charge in [0.1, 0.15) is 11.9 Å². The summed E-state index contributed by atoms with van der Waals surface area (Å²) in [6.45, 7) is 6.42. The van der Waals surface area contributed by atoms with E-state index in [-0.39, 0.29) is 42.0 Å². The predicted molar refractivity (Wildman–Crippen MR) is 116 cm³/mol. The maximum absolute atomic E-state index is 13.2. The third-order valence-electron chi connectivity index (χ3n) is 4.39. The molecule has 26 heavy (non-hydrogen) atoms. The molecule has 1 aliphatic rings. The van der Waals surface area contributed by atoms with Crippen LogP contribution in [0.2, 0.25) is 0 Å². The Balaban J connectivity index is 0.00000243. The van der Waals surface area contributed by atoms with E-state index in [1.54, 1.807) is 30.5 Å². The highest BCUT2D eigenvalue weighted by molar-refractivity contribution is 14.0. The SMILES string of the molecule is CN=C(NCc1sccc1C)N1CC(C)OC(c2ccc(F)cc2)C1.I. The van der Waals surface area contributed by atoms with E-state index in [9.17, 15) is 4.39 Å². The molecule has 0 spiro atoms. The molecule has 0 aliphatic carbocycles. The molecule has 2 atom stereocenters. The second-order valence-electron chi connectivity index (χ2n) is 6.32. The summed E-state index contributed by atoms with van der Waals surface area (Å²) in [5, 5.41) is 5.56. The lowest BCUT2D eigenvalue weighted by molar-refractivity contribution is -0.0605. The van der Waals surface area contributed by atoms with Gasteiger partial charge < -0.3 is 15.0 Å². The molecule has 0 saturated carbocycles. The van der Waals surface area contributed by atoms with Crippen LogP contribution in [0.25, 0.3) is 0 Å². The van der Waals surface area contributed by atoms with Gasteiger partial charge in [0.05, 0.1) is 19.2 Å². The van der Waals surface area contributed by atoms with Crippen molar-refractivity contribution in [2.75, 3.05) is 20.1 Å². The number of halogens is 2. The molecule has 1 aromatic carbocycles. The maximum atomic E-state index is 13.2. The summed E-state index contributed by atoms with van der Waals surface area (Å²) in [5.41, 5.74) is 2.29. The third kappa shape index (κ3) is 5.17. The smallest absolute Gasteiger partial charge is 0.194 e.